The quantitative estimate of drug-likeness (QED) is 0.225. The van der Waals surface area contributed by atoms with E-state index < -0.39 is 4.92 Å². The normalized spacial score (nSPS) is 10.9. The Morgan fingerprint density at radius 2 is 1.91 bits per heavy atom. The predicted octanol–water partition coefficient (Wildman–Crippen LogP) is 1.85. The maximum Gasteiger partial charge on any atom is 0.269 e. The molecule has 168 valence electrons. The molecule has 4 rings (SSSR count). The summed E-state index contributed by atoms with van der Waals surface area (Å²) in [6, 6.07) is 9.69. The number of thioether (sulfide) groups is 1. The predicted molar refractivity (Wildman–Crippen MR) is 122 cm³/mol. The molecule has 0 radical (unpaired) electrons. The third kappa shape index (κ3) is 5.41. The summed E-state index contributed by atoms with van der Waals surface area (Å²) < 4.78 is 3.00. The Morgan fingerprint density at radius 3 is 2.64 bits per heavy atom. The van der Waals surface area contributed by atoms with Crippen LogP contribution < -0.4 is 10.9 Å². The van der Waals surface area contributed by atoms with Gasteiger partial charge in [-0.05, 0) is 17.7 Å². The standard InChI is InChI=1S/C21H19N7O4S/c29-19(13-33-17-5-7-22-8-6-17)23-9-10-27-20-18(11-25-27)21(30)26(14-24-20)12-15-1-3-16(4-2-15)28(31)32/h1-8,11,14H,9-10,12-13H2,(H,23,29). The highest BCUT2D eigenvalue weighted by Gasteiger charge is 2.12. The van der Waals surface area contributed by atoms with Crippen LogP contribution in [0.15, 0.2) is 71.0 Å². The van der Waals surface area contributed by atoms with Gasteiger partial charge in [0.05, 0.1) is 30.0 Å². The van der Waals surface area contributed by atoms with Crippen LogP contribution in [0.4, 0.5) is 5.69 Å². The van der Waals surface area contributed by atoms with E-state index in [9.17, 15) is 19.7 Å². The fourth-order valence-electron chi connectivity index (χ4n) is 3.13. The molecule has 0 saturated heterocycles. The number of hydrogen-bond donors (Lipinski definition) is 1. The fraction of sp³-hybridized carbons (Fsp3) is 0.190. The third-order valence-corrected chi connectivity index (χ3v) is 5.80. The number of nitrogens with zero attached hydrogens (tertiary/aromatic N) is 6. The van der Waals surface area contributed by atoms with Crippen LogP contribution in [0.3, 0.4) is 0 Å². The monoisotopic (exact) mass is 465 g/mol. The Labute approximate surface area is 191 Å². The summed E-state index contributed by atoms with van der Waals surface area (Å²) in [7, 11) is 0. The first-order valence-corrected chi connectivity index (χ1v) is 10.9. The number of non-ortho nitro benzene ring substituents is 1. The summed E-state index contributed by atoms with van der Waals surface area (Å²) in [6.07, 6.45) is 6.23. The second-order valence-electron chi connectivity index (χ2n) is 7.03. The van der Waals surface area contributed by atoms with E-state index in [1.807, 2.05) is 12.1 Å². The number of nitrogens with one attached hydrogen (secondary N) is 1. The minimum absolute atomic E-state index is 0.0102. The molecule has 12 heteroatoms. The molecule has 0 spiro atoms. The van der Waals surface area contributed by atoms with Crippen molar-refractivity contribution in [2.75, 3.05) is 12.3 Å². The number of benzene rings is 1. The van der Waals surface area contributed by atoms with Crippen LogP contribution in [0.2, 0.25) is 0 Å². The number of nitro groups is 1. The first-order valence-electron chi connectivity index (χ1n) is 9.95. The molecular weight excluding hydrogens is 446 g/mol. The molecule has 0 unspecified atom stereocenters. The van der Waals surface area contributed by atoms with Crippen LogP contribution in [0.25, 0.3) is 11.0 Å². The summed E-state index contributed by atoms with van der Waals surface area (Å²) in [5.74, 6) is 0.182. The number of amides is 1. The largest absolute Gasteiger partial charge is 0.354 e. The van der Waals surface area contributed by atoms with Crippen molar-refractivity contribution in [2.45, 2.75) is 18.0 Å². The van der Waals surface area contributed by atoms with Crippen LogP contribution in [0, 0.1) is 10.1 Å². The summed E-state index contributed by atoms with van der Waals surface area (Å²) in [6.45, 7) is 0.949. The van der Waals surface area contributed by atoms with Crippen molar-refractivity contribution < 1.29 is 9.72 Å². The molecule has 1 aromatic carbocycles. The number of carbonyl (C=O) groups excluding carboxylic acids is 1. The highest BCUT2D eigenvalue weighted by molar-refractivity contribution is 8.00. The van der Waals surface area contributed by atoms with Gasteiger partial charge in [-0.3, -0.25) is 29.3 Å². The summed E-state index contributed by atoms with van der Waals surface area (Å²) in [5, 5.41) is 18.2. The molecule has 0 fully saturated rings. The van der Waals surface area contributed by atoms with Crippen LogP contribution >= 0.6 is 11.8 Å². The Kier molecular flexibility index (Phi) is 6.74. The maximum absolute atomic E-state index is 12.8. The smallest absolute Gasteiger partial charge is 0.269 e. The van der Waals surface area contributed by atoms with Crippen molar-refractivity contribution in [1.82, 2.24) is 29.6 Å². The van der Waals surface area contributed by atoms with E-state index in [1.54, 1.807) is 29.2 Å². The van der Waals surface area contributed by atoms with Gasteiger partial charge < -0.3 is 5.32 Å². The fourth-order valence-corrected chi connectivity index (χ4v) is 3.84. The molecule has 33 heavy (non-hydrogen) atoms. The van der Waals surface area contributed by atoms with Gasteiger partial charge in [0.2, 0.25) is 5.91 Å². The van der Waals surface area contributed by atoms with Crippen LogP contribution in [-0.4, -0.2) is 47.4 Å². The number of fused-ring (bicyclic) bond motifs is 1. The van der Waals surface area contributed by atoms with Gasteiger partial charge in [0.25, 0.3) is 11.2 Å². The lowest BCUT2D eigenvalue weighted by Gasteiger charge is -2.08. The number of carbonyl (C=O) groups is 1. The van der Waals surface area contributed by atoms with E-state index in [0.717, 1.165) is 10.5 Å². The van der Waals surface area contributed by atoms with Gasteiger partial charge in [0.1, 0.15) is 11.7 Å². The van der Waals surface area contributed by atoms with Crippen LogP contribution in [0.5, 0.6) is 0 Å². The molecule has 1 amide bonds. The molecular formula is C21H19N7O4S. The van der Waals surface area contributed by atoms with E-state index in [0.29, 0.717) is 24.1 Å². The van der Waals surface area contributed by atoms with Gasteiger partial charge in [-0.15, -0.1) is 11.8 Å². The first kappa shape index (κ1) is 22.1. The number of hydrogen-bond acceptors (Lipinski definition) is 8. The molecule has 4 aromatic rings. The zero-order chi connectivity index (χ0) is 23.2. The van der Waals surface area contributed by atoms with Crippen molar-refractivity contribution in [3.05, 3.63) is 87.3 Å². The number of aromatic nitrogens is 5. The zero-order valence-electron chi connectivity index (χ0n) is 17.3. The van der Waals surface area contributed by atoms with Crippen LogP contribution in [-0.2, 0) is 17.9 Å². The molecule has 0 aliphatic carbocycles. The first-order chi connectivity index (χ1) is 16.0. The van der Waals surface area contributed by atoms with E-state index in [1.165, 1.54) is 41.0 Å². The molecule has 0 atom stereocenters. The highest BCUT2D eigenvalue weighted by atomic mass is 32.2. The Hall–Kier alpha value is -4.06. The van der Waals surface area contributed by atoms with E-state index >= 15 is 0 Å². The van der Waals surface area contributed by atoms with Crippen molar-refractivity contribution in [1.29, 1.82) is 0 Å². The van der Waals surface area contributed by atoms with E-state index in [2.05, 4.69) is 20.4 Å². The average molecular weight is 465 g/mol. The highest BCUT2D eigenvalue weighted by Crippen LogP contribution is 2.15. The minimum atomic E-state index is -0.472. The van der Waals surface area contributed by atoms with Crippen LogP contribution in [0.1, 0.15) is 5.56 Å². The molecule has 0 saturated carbocycles. The summed E-state index contributed by atoms with van der Waals surface area (Å²) in [5.41, 5.74) is 0.898. The van der Waals surface area contributed by atoms with Gasteiger partial charge >= 0.3 is 0 Å². The van der Waals surface area contributed by atoms with Gasteiger partial charge in [-0.1, -0.05) is 12.1 Å². The Balaban J connectivity index is 1.36. The second kappa shape index (κ2) is 10.0. The molecule has 0 aliphatic heterocycles. The molecule has 3 heterocycles. The molecule has 11 nitrogen and oxygen atoms in total. The van der Waals surface area contributed by atoms with Crippen molar-refractivity contribution in [3.8, 4) is 0 Å². The summed E-state index contributed by atoms with van der Waals surface area (Å²) >= 11 is 1.42. The van der Waals surface area contributed by atoms with Gasteiger partial charge in [-0.2, -0.15) is 5.10 Å². The molecule has 0 bridgehead atoms. The lowest BCUT2D eigenvalue weighted by molar-refractivity contribution is -0.384. The second-order valence-corrected chi connectivity index (χ2v) is 8.08. The number of nitro benzene ring substituents is 1. The maximum atomic E-state index is 12.8. The van der Waals surface area contributed by atoms with Crippen molar-refractivity contribution in [2.24, 2.45) is 0 Å². The van der Waals surface area contributed by atoms with Crippen molar-refractivity contribution in [3.63, 3.8) is 0 Å². The number of rotatable bonds is 9. The van der Waals surface area contributed by atoms with Crippen molar-refractivity contribution >= 4 is 34.4 Å². The topological polar surface area (TPSA) is 138 Å². The third-order valence-electron chi connectivity index (χ3n) is 4.79. The Morgan fingerprint density at radius 1 is 1.15 bits per heavy atom. The lowest BCUT2D eigenvalue weighted by Crippen LogP contribution is -2.29. The number of pyridine rings is 1. The molecule has 3 aromatic heterocycles. The van der Waals surface area contributed by atoms with E-state index in [4.69, 9.17) is 0 Å². The van der Waals surface area contributed by atoms with Gasteiger partial charge in [0.15, 0.2) is 5.65 Å². The minimum Gasteiger partial charge on any atom is -0.354 e. The van der Waals surface area contributed by atoms with E-state index in [-0.39, 0.29) is 29.5 Å². The average Bonchev–Trinajstić information content (AvgIpc) is 3.24. The SMILES string of the molecule is O=C(CSc1ccncc1)NCCn1ncc2c(=O)n(Cc3ccc([N+](=O)[O-])cc3)cnc21. The lowest BCUT2D eigenvalue weighted by atomic mass is 10.2. The molecule has 0 aliphatic rings. The zero-order valence-corrected chi connectivity index (χ0v) is 18.1. The summed E-state index contributed by atoms with van der Waals surface area (Å²) in [4.78, 5) is 44.4. The van der Waals surface area contributed by atoms with Gasteiger partial charge in [-0.25, -0.2) is 9.67 Å². The Bertz CT molecular complexity index is 1340. The van der Waals surface area contributed by atoms with Gasteiger partial charge in [0, 0.05) is 36.0 Å². The molecule has 1 N–H and O–H groups in total.